The molecule has 0 saturated heterocycles. The minimum Gasteiger partial charge on any atom is -0.311 e. The fourth-order valence-electron chi connectivity index (χ4n) is 1.93. The van der Waals surface area contributed by atoms with E-state index in [9.17, 15) is 0 Å². The molecule has 0 spiro atoms. The predicted molar refractivity (Wildman–Crippen MR) is 56.8 cm³/mol. The topological polar surface area (TPSA) is 42.7 Å². The Bertz CT molecular complexity index is 461. The summed E-state index contributed by atoms with van der Waals surface area (Å²) in [6.45, 7) is 1.89. The third-order valence-corrected chi connectivity index (χ3v) is 2.68. The number of nitrogens with zero attached hydrogens (tertiary/aromatic N) is 3. The van der Waals surface area contributed by atoms with E-state index in [4.69, 9.17) is 0 Å². The van der Waals surface area contributed by atoms with Gasteiger partial charge in [-0.1, -0.05) is 6.07 Å². The maximum absolute atomic E-state index is 4.39. The van der Waals surface area contributed by atoms with Gasteiger partial charge in [0.1, 0.15) is 12.1 Å². The van der Waals surface area contributed by atoms with Crippen LogP contribution in [0.1, 0.15) is 11.4 Å². The van der Waals surface area contributed by atoms with E-state index in [1.165, 1.54) is 5.69 Å². The number of hydrogen-bond acceptors (Lipinski definition) is 3. The molecule has 0 atom stereocenters. The van der Waals surface area contributed by atoms with Gasteiger partial charge in [0.15, 0.2) is 0 Å². The molecule has 1 aliphatic rings. The van der Waals surface area contributed by atoms with Crippen LogP contribution in [0.15, 0.2) is 30.7 Å². The lowest BCUT2D eigenvalue weighted by Crippen LogP contribution is -2.24. The van der Waals surface area contributed by atoms with Gasteiger partial charge in [0.05, 0.1) is 5.69 Å². The van der Waals surface area contributed by atoms with Gasteiger partial charge in [-0.15, -0.1) is 0 Å². The van der Waals surface area contributed by atoms with Crippen molar-refractivity contribution in [3.05, 3.63) is 42.1 Å². The van der Waals surface area contributed by atoms with E-state index in [2.05, 4.69) is 19.9 Å². The Kier molecular flexibility index (Phi) is 1.99. The molecule has 76 valence electrons. The molecule has 0 radical (unpaired) electrons. The largest absolute Gasteiger partial charge is 0.311 e. The van der Waals surface area contributed by atoms with Gasteiger partial charge in [-0.25, -0.2) is 9.97 Å². The van der Waals surface area contributed by atoms with Crippen molar-refractivity contribution in [3.8, 4) is 5.82 Å². The van der Waals surface area contributed by atoms with Crippen LogP contribution in [0.4, 0.5) is 0 Å². The average molecular weight is 200 g/mol. The molecule has 2 aromatic heterocycles. The first-order chi connectivity index (χ1) is 7.45. The van der Waals surface area contributed by atoms with Crippen molar-refractivity contribution in [3.63, 3.8) is 0 Å². The smallest absolute Gasteiger partial charge is 0.138 e. The lowest BCUT2D eigenvalue weighted by atomic mass is 10.2. The molecule has 15 heavy (non-hydrogen) atoms. The third-order valence-electron chi connectivity index (χ3n) is 2.68. The molecule has 4 heteroatoms. The van der Waals surface area contributed by atoms with E-state index in [0.29, 0.717) is 0 Å². The van der Waals surface area contributed by atoms with Gasteiger partial charge in [-0.2, -0.15) is 0 Å². The molecule has 0 amide bonds. The van der Waals surface area contributed by atoms with Gasteiger partial charge in [0.25, 0.3) is 0 Å². The Morgan fingerprint density at radius 1 is 1.27 bits per heavy atom. The number of nitrogens with one attached hydrogen (secondary N) is 1. The molecular weight excluding hydrogens is 188 g/mol. The quantitative estimate of drug-likeness (QED) is 0.744. The van der Waals surface area contributed by atoms with E-state index < -0.39 is 0 Å². The summed E-state index contributed by atoms with van der Waals surface area (Å²) in [5.74, 6) is 0.952. The second-order valence-corrected chi connectivity index (χ2v) is 3.62. The zero-order valence-electron chi connectivity index (χ0n) is 8.35. The molecule has 0 fully saturated rings. The zero-order chi connectivity index (χ0) is 10.1. The van der Waals surface area contributed by atoms with E-state index >= 15 is 0 Å². The first kappa shape index (κ1) is 8.61. The van der Waals surface area contributed by atoms with Gasteiger partial charge in [0.2, 0.25) is 0 Å². The van der Waals surface area contributed by atoms with Gasteiger partial charge >= 0.3 is 0 Å². The lowest BCUT2D eigenvalue weighted by molar-refractivity contribution is 0.619. The fraction of sp³-hybridized carbons (Fsp3) is 0.273. The highest BCUT2D eigenvalue weighted by molar-refractivity contribution is 5.29. The first-order valence-corrected chi connectivity index (χ1v) is 5.12. The zero-order valence-corrected chi connectivity index (χ0v) is 8.35. The van der Waals surface area contributed by atoms with Crippen LogP contribution >= 0.6 is 0 Å². The molecule has 3 rings (SSSR count). The normalized spacial score (nSPS) is 14.9. The molecule has 0 aromatic carbocycles. The number of pyridine rings is 1. The summed E-state index contributed by atoms with van der Waals surface area (Å²) in [5, 5.41) is 3.31. The van der Waals surface area contributed by atoms with Gasteiger partial charge < -0.3 is 5.32 Å². The summed E-state index contributed by atoms with van der Waals surface area (Å²) in [7, 11) is 0. The lowest BCUT2D eigenvalue weighted by Gasteiger charge is -2.14. The molecule has 2 aromatic rings. The Hall–Kier alpha value is -1.68. The highest BCUT2D eigenvalue weighted by Gasteiger charge is 2.15. The molecule has 0 saturated carbocycles. The average Bonchev–Trinajstić information content (AvgIpc) is 2.74. The number of rotatable bonds is 1. The van der Waals surface area contributed by atoms with Crippen LogP contribution in [0.3, 0.4) is 0 Å². The first-order valence-electron chi connectivity index (χ1n) is 5.12. The fourth-order valence-corrected chi connectivity index (χ4v) is 1.93. The summed E-state index contributed by atoms with van der Waals surface area (Å²) in [6, 6.07) is 5.92. The summed E-state index contributed by atoms with van der Waals surface area (Å²) < 4.78 is 2.08. The molecule has 1 N–H and O–H groups in total. The van der Waals surface area contributed by atoms with Crippen molar-refractivity contribution in [1.82, 2.24) is 19.9 Å². The highest BCUT2D eigenvalue weighted by Crippen LogP contribution is 2.15. The van der Waals surface area contributed by atoms with Crippen LogP contribution in [0.25, 0.3) is 5.82 Å². The monoisotopic (exact) mass is 200 g/mol. The molecule has 4 nitrogen and oxygen atoms in total. The molecule has 0 aliphatic carbocycles. The minimum atomic E-state index is 0.870. The Balaban J connectivity index is 2.09. The van der Waals surface area contributed by atoms with Gasteiger partial charge in [0, 0.05) is 31.4 Å². The van der Waals surface area contributed by atoms with Crippen LogP contribution in [0, 0.1) is 0 Å². The maximum atomic E-state index is 4.39. The standard InChI is InChI=1S/C11H12N4/c1-2-5-13-11(3-1)15-8-14-9-7-12-6-4-10(9)15/h1-3,5,8,12H,4,6-7H2. The van der Waals surface area contributed by atoms with E-state index in [1.807, 2.05) is 30.7 Å². The van der Waals surface area contributed by atoms with Crippen LogP contribution in [-0.2, 0) is 13.0 Å². The van der Waals surface area contributed by atoms with Gasteiger partial charge in [-0.3, -0.25) is 4.57 Å². The summed E-state index contributed by atoms with van der Waals surface area (Å²) in [5.41, 5.74) is 2.43. The summed E-state index contributed by atoms with van der Waals surface area (Å²) >= 11 is 0. The molecule has 0 bridgehead atoms. The molecular formula is C11H12N4. The van der Waals surface area contributed by atoms with Crippen molar-refractivity contribution in [2.75, 3.05) is 6.54 Å². The highest BCUT2D eigenvalue weighted by atomic mass is 15.1. The van der Waals surface area contributed by atoms with Crippen LogP contribution in [-0.4, -0.2) is 21.1 Å². The second-order valence-electron chi connectivity index (χ2n) is 3.62. The summed E-state index contributed by atoms with van der Waals surface area (Å²) in [6.07, 6.45) is 4.69. The second kappa shape index (κ2) is 3.47. The van der Waals surface area contributed by atoms with Crippen molar-refractivity contribution in [2.24, 2.45) is 0 Å². The molecule has 3 heterocycles. The molecule has 1 aliphatic heterocycles. The number of fused-ring (bicyclic) bond motifs is 1. The van der Waals surface area contributed by atoms with Crippen molar-refractivity contribution >= 4 is 0 Å². The number of hydrogen-bond donors (Lipinski definition) is 1. The van der Waals surface area contributed by atoms with Crippen LogP contribution in [0.2, 0.25) is 0 Å². The van der Waals surface area contributed by atoms with Crippen molar-refractivity contribution < 1.29 is 0 Å². The predicted octanol–water partition coefficient (Wildman–Crippen LogP) is 0.913. The van der Waals surface area contributed by atoms with Crippen LogP contribution < -0.4 is 5.32 Å². The third kappa shape index (κ3) is 1.43. The van der Waals surface area contributed by atoms with E-state index in [-0.39, 0.29) is 0 Å². The Morgan fingerprint density at radius 3 is 3.13 bits per heavy atom. The van der Waals surface area contributed by atoms with Gasteiger partial charge in [-0.05, 0) is 12.1 Å². The minimum absolute atomic E-state index is 0.870. The van der Waals surface area contributed by atoms with E-state index in [0.717, 1.165) is 31.0 Å². The maximum Gasteiger partial charge on any atom is 0.138 e. The molecule has 0 unspecified atom stereocenters. The number of aromatic nitrogens is 3. The SMILES string of the molecule is c1ccc(-n2cnc3c2CCNC3)nc1. The number of imidazole rings is 1. The summed E-state index contributed by atoms with van der Waals surface area (Å²) in [4.78, 5) is 8.73. The Morgan fingerprint density at radius 2 is 2.27 bits per heavy atom. The van der Waals surface area contributed by atoms with Crippen molar-refractivity contribution in [2.45, 2.75) is 13.0 Å². The van der Waals surface area contributed by atoms with Crippen molar-refractivity contribution in [1.29, 1.82) is 0 Å². The van der Waals surface area contributed by atoms with E-state index in [1.54, 1.807) is 0 Å². The van der Waals surface area contributed by atoms with Crippen LogP contribution in [0.5, 0.6) is 0 Å². The Labute approximate surface area is 88.0 Å².